The summed E-state index contributed by atoms with van der Waals surface area (Å²) in [7, 11) is 3.08. The molecule has 0 amide bonds. The van der Waals surface area contributed by atoms with E-state index in [1.54, 1.807) is 25.3 Å². The summed E-state index contributed by atoms with van der Waals surface area (Å²) >= 11 is 0. The molecule has 2 bridgehead atoms. The first kappa shape index (κ1) is 26.3. The van der Waals surface area contributed by atoms with Crippen molar-refractivity contribution >= 4 is 11.9 Å². The first-order valence-electron chi connectivity index (χ1n) is 13.8. The Kier molecular flexibility index (Phi) is 6.33. The molecule has 2 N–H and O–H groups in total. The highest BCUT2D eigenvalue weighted by atomic mass is 16.5. The number of carbonyl (C=O) groups excluding carboxylic acids is 1. The van der Waals surface area contributed by atoms with Gasteiger partial charge in [0, 0.05) is 5.92 Å². The summed E-state index contributed by atoms with van der Waals surface area (Å²) in [6, 6.07) is 4.97. The van der Waals surface area contributed by atoms with Crippen molar-refractivity contribution in [3.8, 4) is 11.5 Å². The van der Waals surface area contributed by atoms with Crippen molar-refractivity contribution in [2.75, 3.05) is 20.8 Å². The lowest BCUT2D eigenvalue weighted by molar-refractivity contribution is -0.189. The summed E-state index contributed by atoms with van der Waals surface area (Å²) in [5.74, 6) is 0.164. The smallest absolute Gasteiger partial charge is 0.338 e. The highest BCUT2D eigenvalue weighted by Gasteiger charge is 2.71. The number of esters is 1. The van der Waals surface area contributed by atoms with Gasteiger partial charge in [0.25, 0.3) is 0 Å². The molecule has 204 valence electrons. The van der Waals surface area contributed by atoms with Crippen LogP contribution in [0.15, 0.2) is 18.2 Å². The van der Waals surface area contributed by atoms with E-state index in [0.29, 0.717) is 23.0 Å². The normalized spacial score (nSPS) is 42.3. The van der Waals surface area contributed by atoms with Crippen molar-refractivity contribution in [1.82, 2.24) is 0 Å². The van der Waals surface area contributed by atoms with Gasteiger partial charge in [-0.05, 0) is 98.1 Å². The molecule has 8 atom stereocenters. The number of benzene rings is 1. The molecule has 0 heterocycles. The average molecular weight is 515 g/mol. The minimum Gasteiger partial charge on any atom is -0.493 e. The van der Waals surface area contributed by atoms with Crippen LogP contribution < -0.4 is 9.47 Å². The van der Waals surface area contributed by atoms with Crippen LogP contribution in [0, 0.1) is 39.4 Å². The Balaban J connectivity index is 1.43. The van der Waals surface area contributed by atoms with Gasteiger partial charge in [-0.2, -0.15) is 0 Å². The quantitative estimate of drug-likeness (QED) is 0.494. The monoisotopic (exact) mass is 514 g/mol. The van der Waals surface area contributed by atoms with Crippen molar-refractivity contribution < 1.29 is 34.0 Å². The molecule has 1 spiro atoms. The van der Waals surface area contributed by atoms with Gasteiger partial charge < -0.3 is 24.4 Å². The van der Waals surface area contributed by atoms with Crippen molar-refractivity contribution in [3.05, 3.63) is 23.8 Å². The first-order chi connectivity index (χ1) is 17.4. The maximum Gasteiger partial charge on any atom is 0.338 e. The third-order valence-electron chi connectivity index (χ3n) is 11.4. The van der Waals surface area contributed by atoms with Crippen molar-refractivity contribution in [3.63, 3.8) is 0 Å². The van der Waals surface area contributed by atoms with E-state index in [4.69, 9.17) is 14.2 Å². The summed E-state index contributed by atoms with van der Waals surface area (Å²) in [5.41, 5.74) is -0.770. The lowest BCUT2D eigenvalue weighted by Gasteiger charge is -2.64. The Hall–Kier alpha value is -2.28. The van der Waals surface area contributed by atoms with Crippen LogP contribution in [0.5, 0.6) is 11.5 Å². The van der Waals surface area contributed by atoms with Crippen LogP contribution in [-0.4, -0.2) is 49.1 Å². The second-order valence-corrected chi connectivity index (χ2v) is 13.0. The van der Waals surface area contributed by atoms with Gasteiger partial charge in [-0.3, -0.25) is 4.79 Å². The van der Waals surface area contributed by atoms with Gasteiger partial charge >= 0.3 is 11.9 Å². The first-order valence-corrected chi connectivity index (χ1v) is 13.8. The van der Waals surface area contributed by atoms with Gasteiger partial charge in [-0.15, -0.1) is 0 Å². The van der Waals surface area contributed by atoms with E-state index < -0.39 is 23.5 Å². The lowest BCUT2D eigenvalue weighted by atomic mass is 9.39. The number of hydrogen-bond acceptors (Lipinski definition) is 6. The maximum absolute atomic E-state index is 13.1. The number of carbonyl (C=O) groups is 2. The van der Waals surface area contributed by atoms with Crippen LogP contribution in [0.3, 0.4) is 0 Å². The van der Waals surface area contributed by atoms with Crippen LogP contribution in [0.2, 0.25) is 0 Å². The summed E-state index contributed by atoms with van der Waals surface area (Å²) in [4.78, 5) is 25.5. The molecule has 4 aliphatic carbocycles. The summed E-state index contributed by atoms with van der Waals surface area (Å²) < 4.78 is 16.5. The third-order valence-corrected chi connectivity index (χ3v) is 11.4. The Morgan fingerprint density at radius 3 is 2.35 bits per heavy atom. The van der Waals surface area contributed by atoms with Gasteiger partial charge in [0.15, 0.2) is 11.5 Å². The fraction of sp³-hybridized carbons (Fsp3) is 0.733. The number of aliphatic hydroxyl groups excluding tert-OH is 1. The zero-order valence-corrected chi connectivity index (χ0v) is 22.8. The standard InChI is InChI=1S/C30H42O7/c1-27-13-9-23-28(2)11-6-12-29(3,26(33)34)22(28)10-14-30(23,17-27)19(24(27)31)16-37-25(32)18-7-8-20(35-4)21(15-18)36-5/h7-8,15,19,22-24,31H,6,9-14,16-17H2,1-5H3,(H,33,34)/t19-,22+,23+,24-,27+,28-,29-,30-/m1/s1. The molecule has 7 heteroatoms. The van der Waals surface area contributed by atoms with Gasteiger partial charge in [0.2, 0.25) is 0 Å². The number of ether oxygens (including phenoxy) is 3. The van der Waals surface area contributed by atoms with Gasteiger partial charge in [0.1, 0.15) is 0 Å². The molecule has 7 nitrogen and oxygen atoms in total. The number of rotatable bonds is 6. The molecule has 4 fully saturated rings. The Morgan fingerprint density at radius 2 is 1.68 bits per heavy atom. The predicted octanol–water partition coefficient (Wildman–Crippen LogP) is 5.34. The zero-order valence-electron chi connectivity index (χ0n) is 22.8. The molecule has 4 saturated carbocycles. The number of aliphatic hydroxyl groups is 1. The van der Waals surface area contributed by atoms with Gasteiger partial charge in [0.05, 0.1) is 37.9 Å². The number of aliphatic carboxylic acids is 1. The minimum atomic E-state index is -0.706. The second kappa shape index (κ2) is 8.89. The molecule has 5 rings (SSSR count). The molecule has 37 heavy (non-hydrogen) atoms. The van der Waals surface area contributed by atoms with E-state index in [0.717, 1.165) is 51.4 Å². The topological polar surface area (TPSA) is 102 Å². The molecule has 4 aliphatic rings. The molecular weight excluding hydrogens is 472 g/mol. The lowest BCUT2D eigenvalue weighted by Crippen LogP contribution is -2.60. The molecule has 0 aliphatic heterocycles. The van der Waals surface area contributed by atoms with Crippen LogP contribution in [-0.2, 0) is 9.53 Å². The Labute approximate surface area is 219 Å². The van der Waals surface area contributed by atoms with E-state index >= 15 is 0 Å². The Morgan fingerprint density at radius 1 is 0.973 bits per heavy atom. The molecule has 0 saturated heterocycles. The summed E-state index contributed by atoms with van der Waals surface area (Å²) in [6.07, 6.45) is 6.68. The SMILES string of the molecule is COc1ccc(C(=O)OC[C@@H]2[C@@H](O)[C@@]3(C)CC[C@H]4[C@]5(C)CCC[C@@](C)(C(=O)O)[C@H]5CC[C@@]24C3)cc1OC. The van der Waals surface area contributed by atoms with E-state index in [1.807, 2.05) is 6.92 Å². The highest BCUT2D eigenvalue weighted by Crippen LogP contribution is 2.75. The number of fused-ring (bicyclic) bond motifs is 3. The van der Waals surface area contributed by atoms with Gasteiger partial charge in [-0.25, -0.2) is 4.79 Å². The number of carboxylic acid groups (broad SMARTS) is 1. The van der Waals surface area contributed by atoms with Crippen molar-refractivity contribution in [2.24, 2.45) is 39.4 Å². The summed E-state index contributed by atoms with van der Waals surface area (Å²) in [6.45, 7) is 6.62. The zero-order chi connectivity index (χ0) is 26.8. The molecule has 1 aromatic carbocycles. The maximum atomic E-state index is 13.1. The fourth-order valence-corrected chi connectivity index (χ4v) is 9.72. The van der Waals surface area contributed by atoms with E-state index in [1.165, 1.54) is 7.11 Å². The number of hydrogen-bond donors (Lipinski definition) is 2. The average Bonchev–Trinajstić information content (AvgIpc) is 3.02. The van der Waals surface area contributed by atoms with Crippen LogP contribution >= 0.6 is 0 Å². The van der Waals surface area contributed by atoms with Crippen molar-refractivity contribution in [1.29, 1.82) is 0 Å². The predicted molar refractivity (Wildman–Crippen MR) is 138 cm³/mol. The second-order valence-electron chi connectivity index (χ2n) is 13.0. The Bertz CT molecular complexity index is 1090. The number of carboxylic acids is 1. The third kappa shape index (κ3) is 3.70. The molecule has 0 unspecified atom stereocenters. The van der Waals surface area contributed by atoms with Crippen LogP contribution in [0.4, 0.5) is 0 Å². The molecular formula is C30H42O7. The highest BCUT2D eigenvalue weighted by molar-refractivity contribution is 5.90. The molecule has 0 aromatic heterocycles. The fourth-order valence-electron chi connectivity index (χ4n) is 9.72. The van der Waals surface area contributed by atoms with Crippen LogP contribution in [0.1, 0.15) is 82.5 Å². The van der Waals surface area contributed by atoms with E-state index in [9.17, 15) is 19.8 Å². The molecule has 1 aromatic rings. The van der Waals surface area contributed by atoms with E-state index in [-0.39, 0.29) is 34.7 Å². The van der Waals surface area contributed by atoms with Crippen LogP contribution in [0.25, 0.3) is 0 Å². The number of methoxy groups -OCH3 is 2. The largest absolute Gasteiger partial charge is 0.493 e. The summed E-state index contributed by atoms with van der Waals surface area (Å²) in [5, 5.41) is 21.9. The molecule has 0 radical (unpaired) electrons. The van der Waals surface area contributed by atoms with Crippen molar-refractivity contribution in [2.45, 2.75) is 78.2 Å². The van der Waals surface area contributed by atoms with Gasteiger partial charge in [-0.1, -0.05) is 20.3 Å². The minimum absolute atomic E-state index is 0.0966. The van der Waals surface area contributed by atoms with E-state index in [2.05, 4.69) is 13.8 Å².